The molecule has 1 rings (SSSR count). The van der Waals surface area contributed by atoms with E-state index < -0.39 is 0 Å². The van der Waals surface area contributed by atoms with Crippen molar-refractivity contribution >= 4 is 11.3 Å². The summed E-state index contributed by atoms with van der Waals surface area (Å²) < 4.78 is 0. The van der Waals surface area contributed by atoms with Crippen LogP contribution in [0.5, 0.6) is 0 Å². The Kier molecular flexibility index (Phi) is 7.56. The topological polar surface area (TPSA) is 29.3 Å². The quantitative estimate of drug-likeness (QED) is 0.694. The van der Waals surface area contributed by atoms with Crippen LogP contribution in [0.2, 0.25) is 0 Å². The van der Waals surface area contributed by atoms with Crippen LogP contribution in [-0.2, 0) is 6.42 Å². The molecular weight excluding hydrogens is 240 g/mol. The van der Waals surface area contributed by atoms with Crippen molar-refractivity contribution in [3.05, 3.63) is 22.4 Å². The molecule has 104 valence electrons. The van der Waals surface area contributed by atoms with Crippen LogP contribution in [0.15, 0.2) is 17.5 Å². The van der Waals surface area contributed by atoms with Gasteiger partial charge in [-0.25, -0.2) is 0 Å². The van der Waals surface area contributed by atoms with Crippen molar-refractivity contribution in [3.63, 3.8) is 0 Å². The van der Waals surface area contributed by atoms with Crippen molar-refractivity contribution in [2.24, 2.45) is 5.73 Å². The van der Waals surface area contributed by atoms with Crippen molar-refractivity contribution in [2.45, 2.75) is 58.0 Å². The van der Waals surface area contributed by atoms with Crippen LogP contribution in [-0.4, -0.2) is 30.6 Å². The van der Waals surface area contributed by atoms with E-state index in [4.69, 9.17) is 5.73 Å². The Hall–Kier alpha value is -0.380. The second-order valence-electron chi connectivity index (χ2n) is 5.18. The molecule has 1 heterocycles. The molecule has 18 heavy (non-hydrogen) atoms. The zero-order valence-electron chi connectivity index (χ0n) is 12.1. The third-order valence-corrected chi connectivity index (χ3v) is 4.66. The number of nitrogens with two attached hydrogens (primary N) is 1. The molecule has 0 aliphatic heterocycles. The Balaban J connectivity index is 2.41. The fourth-order valence-corrected chi connectivity index (χ4v) is 3.17. The van der Waals surface area contributed by atoms with E-state index >= 15 is 0 Å². The smallest absolute Gasteiger partial charge is 0.0218 e. The van der Waals surface area contributed by atoms with Gasteiger partial charge >= 0.3 is 0 Å². The van der Waals surface area contributed by atoms with Gasteiger partial charge in [0.1, 0.15) is 0 Å². The van der Waals surface area contributed by atoms with E-state index in [1.54, 1.807) is 0 Å². The first-order chi connectivity index (χ1) is 8.69. The van der Waals surface area contributed by atoms with E-state index in [2.05, 4.69) is 43.3 Å². The highest BCUT2D eigenvalue weighted by molar-refractivity contribution is 7.09. The first kappa shape index (κ1) is 15.7. The Bertz CT molecular complexity index is 297. The van der Waals surface area contributed by atoms with Gasteiger partial charge in [-0.05, 0) is 38.3 Å². The summed E-state index contributed by atoms with van der Waals surface area (Å²) in [6, 6.07) is 5.46. The molecule has 0 aromatic carbocycles. The predicted octanol–water partition coefficient (Wildman–Crippen LogP) is 3.52. The van der Waals surface area contributed by atoms with Gasteiger partial charge in [0.05, 0.1) is 0 Å². The summed E-state index contributed by atoms with van der Waals surface area (Å²) in [6.07, 6.45) is 6.28. The average Bonchev–Trinajstić information content (AvgIpc) is 2.86. The molecule has 2 unspecified atom stereocenters. The molecule has 0 saturated carbocycles. The number of hydrogen-bond donors (Lipinski definition) is 1. The summed E-state index contributed by atoms with van der Waals surface area (Å²) in [5.74, 6) is 0. The van der Waals surface area contributed by atoms with Crippen molar-refractivity contribution in [3.8, 4) is 0 Å². The number of rotatable bonds is 9. The van der Waals surface area contributed by atoms with Crippen LogP contribution in [0.25, 0.3) is 0 Å². The number of hydrogen-bond acceptors (Lipinski definition) is 3. The van der Waals surface area contributed by atoms with Crippen LogP contribution >= 0.6 is 11.3 Å². The van der Waals surface area contributed by atoms with Crippen molar-refractivity contribution in [1.29, 1.82) is 0 Å². The minimum atomic E-state index is 0.534. The standard InChI is InChI=1S/C15H28N2S/c1-4-5-6-8-14(12-16)17(3)13(2)11-15-9-7-10-18-15/h7,9-10,13-14H,4-6,8,11-12,16H2,1-3H3. The second kappa shape index (κ2) is 8.68. The minimum absolute atomic E-state index is 0.534. The number of unbranched alkanes of at least 4 members (excludes halogenated alkanes) is 2. The van der Waals surface area contributed by atoms with Crippen LogP contribution in [0, 0.1) is 0 Å². The minimum Gasteiger partial charge on any atom is -0.329 e. The van der Waals surface area contributed by atoms with E-state index in [1.807, 2.05) is 11.3 Å². The summed E-state index contributed by atoms with van der Waals surface area (Å²) in [5.41, 5.74) is 5.93. The summed E-state index contributed by atoms with van der Waals surface area (Å²) in [5, 5.41) is 2.16. The molecule has 0 aliphatic rings. The average molecular weight is 268 g/mol. The Morgan fingerprint density at radius 2 is 2.17 bits per heavy atom. The molecule has 2 nitrogen and oxygen atoms in total. The Labute approximate surface area is 116 Å². The summed E-state index contributed by atoms with van der Waals surface area (Å²) >= 11 is 1.85. The van der Waals surface area contributed by atoms with E-state index in [0.717, 1.165) is 13.0 Å². The van der Waals surface area contributed by atoms with Gasteiger partial charge in [-0.3, -0.25) is 4.90 Å². The summed E-state index contributed by atoms with van der Waals surface area (Å²) in [4.78, 5) is 3.94. The fourth-order valence-electron chi connectivity index (χ4n) is 2.34. The molecule has 0 spiro atoms. The maximum absolute atomic E-state index is 5.93. The molecule has 0 amide bonds. The summed E-state index contributed by atoms with van der Waals surface area (Å²) in [6.45, 7) is 5.33. The number of nitrogens with zero attached hydrogens (tertiary/aromatic N) is 1. The molecule has 0 saturated heterocycles. The third kappa shape index (κ3) is 5.09. The zero-order chi connectivity index (χ0) is 13.4. The van der Waals surface area contributed by atoms with Crippen LogP contribution < -0.4 is 5.73 Å². The van der Waals surface area contributed by atoms with E-state index in [0.29, 0.717) is 12.1 Å². The Morgan fingerprint density at radius 3 is 2.72 bits per heavy atom. The fraction of sp³-hybridized carbons (Fsp3) is 0.733. The van der Waals surface area contributed by atoms with Crippen molar-refractivity contribution in [1.82, 2.24) is 4.90 Å². The van der Waals surface area contributed by atoms with E-state index in [9.17, 15) is 0 Å². The van der Waals surface area contributed by atoms with Gasteiger partial charge in [0.25, 0.3) is 0 Å². The molecule has 3 heteroatoms. The van der Waals surface area contributed by atoms with Crippen molar-refractivity contribution in [2.75, 3.05) is 13.6 Å². The molecule has 1 aromatic rings. The molecule has 0 fully saturated rings. The molecule has 2 atom stereocenters. The molecule has 0 radical (unpaired) electrons. The lowest BCUT2D eigenvalue weighted by Gasteiger charge is -2.32. The van der Waals surface area contributed by atoms with Crippen LogP contribution in [0.1, 0.15) is 44.4 Å². The second-order valence-corrected chi connectivity index (χ2v) is 6.22. The number of likely N-dealkylation sites (N-methyl/N-ethyl adjacent to an activating group) is 1. The first-order valence-corrected chi connectivity index (χ1v) is 8.01. The predicted molar refractivity (Wildman–Crippen MR) is 82.2 cm³/mol. The van der Waals surface area contributed by atoms with E-state index in [-0.39, 0.29) is 0 Å². The van der Waals surface area contributed by atoms with Gasteiger partial charge in [-0.15, -0.1) is 11.3 Å². The Morgan fingerprint density at radius 1 is 1.39 bits per heavy atom. The molecule has 1 aromatic heterocycles. The molecule has 2 N–H and O–H groups in total. The van der Waals surface area contributed by atoms with Gasteiger partial charge in [-0.1, -0.05) is 32.3 Å². The number of thiophene rings is 1. The zero-order valence-corrected chi connectivity index (χ0v) is 12.9. The lowest BCUT2D eigenvalue weighted by Crippen LogP contribution is -2.43. The van der Waals surface area contributed by atoms with Gasteiger partial charge in [0.2, 0.25) is 0 Å². The lowest BCUT2D eigenvalue weighted by atomic mass is 10.0. The molecule has 0 aliphatic carbocycles. The largest absolute Gasteiger partial charge is 0.329 e. The lowest BCUT2D eigenvalue weighted by molar-refractivity contribution is 0.175. The van der Waals surface area contributed by atoms with E-state index in [1.165, 1.54) is 30.6 Å². The monoisotopic (exact) mass is 268 g/mol. The normalized spacial score (nSPS) is 14.9. The maximum Gasteiger partial charge on any atom is 0.0218 e. The maximum atomic E-state index is 5.93. The molecular formula is C15H28N2S. The van der Waals surface area contributed by atoms with Crippen molar-refractivity contribution < 1.29 is 0 Å². The highest BCUT2D eigenvalue weighted by Crippen LogP contribution is 2.17. The third-order valence-electron chi connectivity index (χ3n) is 3.76. The van der Waals surface area contributed by atoms with Gasteiger partial charge in [0.15, 0.2) is 0 Å². The highest BCUT2D eigenvalue weighted by atomic mass is 32.1. The first-order valence-electron chi connectivity index (χ1n) is 7.13. The van der Waals surface area contributed by atoms with Gasteiger partial charge < -0.3 is 5.73 Å². The van der Waals surface area contributed by atoms with Gasteiger partial charge in [-0.2, -0.15) is 0 Å². The highest BCUT2D eigenvalue weighted by Gasteiger charge is 2.18. The molecule has 0 bridgehead atoms. The SMILES string of the molecule is CCCCCC(CN)N(C)C(C)Cc1cccs1. The summed E-state index contributed by atoms with van der Waals surface area (Å²) in [7, 11) is 2.22. The van der Waals surface area contributed by atoms with Crippen LogP contribution in [0.4, 0.5) is 0 Å². The van der Waals surface area contributed by atoms with Crippen LogP contribution in [0.3, 0.4) is 0 Å². The van der Waals surface area contributed by atoms with Gasteiger partial charge in [0, 0.05) is 23.5 Å².